The minimum absolute atomic E-state index is 0. The maximum absolute atomic E-state index is 5.13. The van der Waals surface area contributed by atoms with Crippen molar-refractivity contribution < 1.29 is 0 Å². The summed E-state index contributed by atoms with van der Waals surface area (Å²) in [4.78, 5) is 0. The van der Waals surface area contributed by atoms with Crippen molar-refractivity contribution in [1.82, 2.24) is 5.32 Å². The van der Waals surface area contributed by atoms with Gasteiger partial charge in [-0.3, -0.25) is 0 Å². The van der Waals surface area contributed by atoms with Gasteiger partial charge in [0.25, 0.3) is 0 Å². The molecule has 0 aromatic heterocycles. The highest BCUT2D eigenvalue weighted by atomic mass is 35.5. The van der Waals surface area contributed by atoms with Crippen molar-refractivity contribution in [2.45, 2.75) is 13.0 Å². The van der Waals surface area contributed by atoms with E-state index in [9.17, 15) is 0 Å². The zero-order valence-electron chi connectivity index (χ0n) is 6.18. The fourth-order valence-electron chi connectivity index (χ4n) is 0.284. The Balaban J connectivity index is -0.000000245. The molecule has 0 aromatic rings. The van der Waals surface area contributed by atoms with E-state index in [-0.39, 0.29) is 30.9 Å². The lowest BCUT2D eigenvalue weighted by Gasteiger charge is -1.96. The number of halogens is 2. The van der Waals surface area contributed by atoms with Crippen LogP contribution in [-0.4, -0.2) is 19.6 Å². The third-order valence-electron chi connectivity index (χ3n) is 0.854. The minimum Gasteiger partial charge on any atom is -0.320 e. The first-order valence-corrected chi connectivity index (χ1v) is 2.67. The molecule has 10 heavy (non-hydrogen) atoms. The second-order valence-electron chi connectivity index (χ2n) is 1.54. The number of rotatable bonds is 1. The highest BCUT2D eigenvalue weighted by Gasteiger charge is 1.84. The standard InChI is InChI=1S/C6H12N2.2ClH/c1-6(8-2)4-3-5-7;;/h6,8H,5,7H2,1-2H3;2*1H. The monoisotopic (exact) mass is 184 g/mol. The van der Waals surface area contributed by atoms with Crippen molar-refractivity contribution in [3.8, 4) is 11.8 Å². The molecular weight excluding hydrogens is 171 g/mol. The summed E-state index contributed by atoms with van der Waals surface area (Å²) in [5, 5.41) is 2.97. The van der Waals surface area contributed by atoms with E-state index in [0.29, 0.717) is 6.54 Å². The van der Waals surface area contributed by atoms with Gasteiger partial charge in [0.05, 0.1) is 12.6 Å². The largest absolute Gasteiger partial charge is 0.320 e. The molecule has 0 rings (SSSR count). The molecule has 0 spiro atoms. The van der Waals surface area contributed by atoms with Crippen LogP contribution in [0.25, 0.3) is 0 Å². The van der Waals surface area contributed by atoms with Crippen LogP contribution >= 0.6 is 24.8 Å². The van der Waals surface area contributed by atoms with Crippen molar-refractivity contribution in [2.75, 3.05) is 13.6 Å². The Labute approximate surface area is 74.8 Å². The molecule has 1 atom stereocenters. The summed E-state index contributed by atoms with van der Waals surface area (Å²) >= 11 is 0. The Morgan fingerprint density at radius 1 is 1.50 bits per heavy atom. The maximum atomic E-state index is 5.13. The Morgan fingerprint density at radius 3 is 2.30 bits per heavy atom. The Hall–Kier alpha value is 0.0600. The average Bonchev–Trinajstić information content (AvgIpc) is 1.83. The predicted octanol–water partition coefficient (Wildman–Crippen LogP) is 0.400. The number of hydrogen-bond donors (Lipinski definition) is 2. The fraction of sp³-hybridized carbons (Fsp3) is 0.667. The smallest absolute Gasteiger partial charge is 0.0659 e. The Morgan fingerprint density at radius 2 is 2.00 bits per heavy atom. The van der Waals surface area contributed by atoms with Gasteiger partial charge in [0.15, 0.2) is 0 Å². The van der Waals surface area contributed by atoms with Crippen LogP contribution < -0.4 is 11.1 Å². The summed E-state index contributed by atoms with van der Waals surface area (Å²) in [5.41, 5.74) is 5.13. The summed E-state index contributed by atoms with van der Waals surface area (Å²) in [5.74, 6) is 5.66. The van der Waals surface area contributed by atoms with Crippen LogP contribution in [0.4, 0.5) is 0 Å². The molecule has 0 bridgehead atoms. The average molecular weight is 185 g/mol. The van der Waals surface area contributed by atoms with Crippen molar-refractivity contribution in [3.05, 3.63) is 0 Å². The molecule has 0 aliphatic heterocycles. The summed E-state index contributed by atoms with van der Waals surface area (Å²) in [6.45, 7) is 2.44. The molecule has 4 heteroatoms. The van der Waals surface area contributed by atoms with E-state index in [1.807, 2.05) is 14.0 Å². The van der Waals surface area contributed by atoms with Crippen molar-refractivity contribution in [3.63, 3.8) is 0 Å². The van der Waals surface area contributed by atoms with E-state index >= 15 is 0 Å². The SMILES string of the molecule is CNC(C)C#CCN.Cl.Cl. The first-order chi connectivity index (χ1) is 3.81. The lowest BCUT2D eigenvalue weighted by molar-refractivity contribution is 0.749. The first-order valence-electron chi connectivity index (χ1n) is 2.67. The summed E-state index contributed by atoms with van der Waals surface area (Å²) in [7, 11) is 1.87. The van der Waals surface area contributed by atoms with E-state index in [1.165, 1.54) is 0 Å². The molecule has 0 saturated heterocycles. The number of hydrogen-bond acceptors (Lipinski definition) is 2. The molecule has 0 aromatic carbocycles. The van der Waals surface area contributed by atoms with Gasteiger partial charge in [-0.2, -0.15) is 0 Å². The zero-order chi connectivity index (χ0) is 6.41. The fourth-order valence-corrected chi connectivity index (χ4v) is 0.284. The number of nitrogens with one attached hydrogen (secondary N) is 1. The van der Waals surface area contributed by atoms with E-state index in [0.717, 1.165) is 0 Å². The topological polar surface area (TPSA) is 38.0 Å². The third-order valence-corrected chi connectivity index (χ3v) is 0.854. The summed E-state index contributed by atoms with van der Waals surface area (Å²) < 4.78 is 0. The highest BCUT2D eigenvalue weighted by Crippen LogP contribution is 1.70. The van der Waals surface area contributed by atoms with Gasteiger partial charge >= 0.3 is 0 Å². The van der Waals surface area contributed by atoms with E-state index in [4.69, 9.17) is 5.73 Å². The van der Waals surface area contributed by atoms with Gasteiger partial charge in [-0.05, 0) is 14.0 Å². The lowest BCUT2D eigenvalue weighted by Crippen LogP contribution is -2.18. The molecule has 62 valence electrons. The minimum atomic E-state index is 0. The van der Waals surface area contributed by atoms with Gasteiger partial charge in [0.1, 0.15) is 0 Å². The van der Waals surface area contributed by atoms with Crippen LogP contribution in [0.3, 0.4) is 0 Å². The first kappa shape index (κ1) is 16.6. The van der Waals surface area contributed by atoms with E-state index in [2.05, 4.69) is 17.2 Å². The molecule has 0 heterocycles. The molecule has 2 nitrogen and oxygen atoms in total. The van der Waals surface area contributed by atoms with Crippen LogP contribution in [0.1, 0.15) is 6.92 Å². The molecule has 0 amide bonds. The quantitative estimate of drug-likeness (QED) is 0.580. The van der Waals surface area contributed by atoms with Crippen molar-refractivity contribution >= 4 is 24.8 Å². The van der Waals surface area contributed by atoms with Crippen LogP contribution in [-0.2, 0) is 0 Å². The number of nitrogens with two attached hydrogens (primary N) is 1. The van der Waals surface area contributed by atoms with Crippen LogP contribution in [0, 0.1) is 11.8 Å². The third kappa shape index (κ3) is 10.9. The second-order valence-corrected chi connectivity index (χ2v) is 1.54. The normalized spacial score (nSPS) is 9.50. The van der Waals surface area contributed by atoms with E-state index in [1.54, 1.807) is 0 Å². The van der Waals surface area contributed by atoms with Crippen molar-refractivity contribution in [1.29, 1.82) is 0 Å². The summed E-state index contributed by atoms with van der Waals surface area (Å²) in [6, 6.07) is 0.263. The molecule has 0 aliphatic rings. The van der Waals surface area contributed by atoms with Crippen LogP contribution in [0.5, 0.6) is 0 Å². The van der Waals surface area contributed by atoms with Gasteiger partial charge in [0.2, 0.25) is 0 Å². The van der Waals surface area contributed by atoms with Gasteiger partial charge < -0.3 is 11.1 Å². The molecule has 0 radical (unpaired) electrons. The van der Waals surface area contributed by atoms with E-state index < -0.39 is 0 Å². The van der Waals surface area contributed by atoms with Gasteiger partial charge in [0, 0.05) is 0 Å². The van der Waals surface area contributed by atoms with Gasteiger partial charge in [-0.1, -0.05) is 11.8 Å². The molecule has 0 saturated carbocycles. The van der Waals surface area contributed by atoms with Crippen molar-refractivity contribution in [2.24, 2.45) is 5.73 Å². The molecular formula is C6H14Cl2N2. The molecule has 0 fully saturated rings. The van der Waals surface area contributed by atoms with Gasteiger partial charge in [-0.15, -0.1) is 24.8 Å². The molecule has 3 N–H and O–H groups in total. The second kappa shape index (κ2) is 11.8. The van der Waals surface area contributed by atoms with Gasteiger partial charge in [-0.25, -0.2) is 0 Å². The Kier molecular flexibility index (Phi) is 19.6. The molecule has 1 unspecified atom stereocenters. The highest BCUT2D eigenvalue weighted by molar-refractivity contribution is 5.85. The molecule has 0 aliphatic carbocycles. The lowest BCUT2D eigenvalue weighted by atomic mass is 10.3. The predicted molar refractivity (Wildman–Crippen MR) is 49.8 cm³/mol. The zero-order valence-corrected chi connectivity index (χ0v) is 7.81. The Bertz CT molecular complexity index is 106. The van der Waals surface area contributed by atoms with Crippen LogP contribution in [0.2, 0.25) is 0 Å². The maximum Gasteiger partial charge on any atom is 0.0659 e. The summed E-state index contributed by atoms with van der Waals surface area (Å²) in [6.07, 6.45) is 0. The van der Waals surface area contributed by atoms with Crippen LogP contribution in [0.15, 0.2) is 0 Å².